The second-order valence-electron chi connectivity index (χ2n) is 5.81. The van der Waals surface area contributed by atoms with Crippen LogP contribution < -0.4 is 20.4 Å². The van der Waals surface area contributed by atoms with Crippen molar-refractivity contribution in [2.75, 3.05) is 0 Å². The third kappa shape index (κ3) is 57.4. The number of carboxylic acid groups (broad SMARTS) is 8. The summed E-state index contributed by atoms with van der Waals surface area (Å²) >= 11 is 0. The molecule has 0 spiro atoms. The molecule has 0 saturated heterocycles. The average Bonchev–Trinajstić information content (AvgIpc) is 2.67. The first kappa shape index (κ1) is 67.3. The molecular weight excluding hydrogens is 735 g/mol. The van der Waals surface area contributed by atoms with Crippen LogP contribution in [0.2, 0.25) is 0 Å². The second kappa shape index (κ2) is 38.5. The van der Waals surface area contributed by atoms with Crippen LogP contribution in [-0.2, 0) is 38.4 Å². The summed E-state index contributed by atoms with van der Waals surface area (Å²) in [7, 11) is 0. The van der Waals surface area contributed by atoms with Gasteiger partial charge in [-0.3, -0.25) is 0 Å². The third-order valence-corrected chi connectivity index (χ3v) is 2.67. The number of carboxylic acids is 8. The molecule has 0 aliphatic rings. The summed E-state index contributed by atoms with van der Waals surface area (Å²) in [5.41, 5.74) is -1.06. The second-order valence-corrected chi connectivity index (χ2v) is 5.81. The van der Waals surface area contributed by atoms with Gasteiger partial charge in [0.15, 0.2) is 0 Å². The number of rotatable bonds is 8. The first-order valence-electron chi connectivity index (χ1n) is 8.65. The van der Waals surface area contributed by atoms with Crippen LogP contribution in [0.15, 0.2) is 46.6 Å². The summed E-state index contributed by atoms with van der Waals surface area (Å²) in [6.45, 7) is 4.67. The van der Waals surface area contributed by atoms with E-state index in [1.807, 2.05) is 0 Å². The zero-order valence-electron chi connectivity index (χ0n) is 22.4. The molecule has 0 heterocycles. The Balaban J connectivity index is -0.0000000388. The maximum atomic E-state index is 9.90. The summed E-state index contributed by atoms with van der Waals surface area (Å²) in [6, 6.07) is 0. The largest absolute Gasteiger partial charge is 2.00 e. The zero-order chi connectivity index (χ0) is 29.8. The first-order valence-corrected chi connectivity index (χ1v) is 8.65. The fraction of sp³-hybridized carbons (Fsp3) is 0.200. The molecule has 0 saturated carbocycles. The summed E-state index contributed by atoms with van der Waals surface area (Å²) in [6.07, 6.45) is 2.22. The number of hydrogen-bond donors (Lipinski definition) is 4. The third-order valence-electron chi connectivity index (χ3n) is 2.67. The van der Waals surface area contributed by atoms with Crippen molar-refractivity contribution in [2.24, 2.45) is 0 Å². The predicted octanol–water partition coefficient (Wildman–Crippen LogP) is -8.99. The van der Waals surface area contributed by atoms with E-state index in [1.165, 1.54) is 13.8 Å². The molecule has 0 aromatic carbocycles. The molecule has 0 amide bonds. The molecule has 232 valence electrons. The topological polar surface area (TPSA) is 436 Å². The Kier molecular flexibility index (Phi) is 61.7. The van der Waals surface area contributed by atoms with Crippen LogP contribution in [0, 0.1) is 0 Å². The number of hydrogen-bond acceptors (Lipinski definition) is 12. The Morgan fingerprint density at radius 1 is 0.429 bits per heavy atom. The fourth-order valence-corrected chi connectivity index (χ4v) is 0.965. The van der Waals surface area contributed by atoms with Gasteiger partial charge in [-0.25, -0.2) is 19.2 Å². The Morgan fingerprint density at radius 3 is 0.667 bits per heavy atom. The number of carbonyl (C=O) groups excluding carboxylic acids is 4. The fourth-order valence-electron chi connectivity index (χ4n) is 0.965. The van der Waals surface area contributed by atoms with E-state index in [9.17, 15) is 58.8 Å². The van der Waals surface area contributed by atoms with Gasteiger partial charge in [0.05, 0.1) is 23.9 Å². The summed E-state index contributed by atoms with van der Waals surface area (Å²) in [5, 5.41) is 71.0. The monoisotopic (exact) mass is 764 g/mol. The molecule has 0 aliphatic heterocycles. The Labute approximate surface area is 310 Å². The Bertz CT molecular complexity index is 847. The minimum Gasteiger partial charge on any atom is -0.545 e. The van der Waals surface area contributed by atoms with Crippen molar-refractivity contribution in [3.63, 3.8) is 0 Å². The molecule has 22 heteroatoms. The van der Waals surface area contributed by atoms with E-state index < -0.39 is 47.8 Å². The average molecular weight is 764 g/mol. The van der Waals surface area contributed by atoms with Crippen LogP contribution in [0.3, 0.4) is 0 Å². The normalized spacial score (nSPS) is 9.43. The molecule has 20 nitrogen and oxygen atoms in total. The molecule has 0 aromatic heterocycles. The molecule has 0 rings (SSSR count). The van der Waals surface area contributed by atoms with Crippen LogP contribution in [0.5, 0.6) is 0 Å². The van der Waals surface area contributed by atoms with Crippen LogP contribution in [-0.4, -0.2) is 181 Å². The smallest absolute Gasteiger partial charge is 0.545 e. The van der Waals surface area contributed by atoms with Gasteiger partial charge in [0.2, 0.25) is 0 Å². The minimum absolute atomic E-state index is 0. The molecule has 12 N–H and O–H groups in total. The molecule has 0 fully saturated rings. The van der Waals surface area contributed by atoms with E-state index in [-0.39, 0.29) is 135 Å². The van der Waals surface area contributed by atoms with Crippen molar-refractivity contribution < 1.29 is 101 Å². The van der Waals surface area contributed by atoms with Gasteiger partial charge in [-0.1, -0.05) is 0 Å². The van der Waals surface area contributed by atoms with Crippen molar-refractivity contribution >= 4 is 139 Å². The molecule has 0 unspecified atom stereocenters. The molecule has 0 aliphatic carbocycles. The molecule has 0 atom stereocenters. The maximum absolute atomic E-state index is 9.90. The van der Waals surface area contributed by atoms with Crippen LogP contribution in [0.1, 0.15) is 27.7 Å². The number of aliphatic carboxylic acids is 8. The van der Waals surface area contributed by atoms with Gasteiger partial charge in [0.1, 0.15) is 0 Å². The van der Waals surface area contributed by atoms with Crippen molar-refractivity contribution in [3.05, 3.63) is 46.6 Å². The Hall–Kier alpha value is -2.48. The number of carbonyl (C=O) groups is 8. The molecular formula is C20H28O20Sr2. The van der Waals surface area contributed by atoms with Gasteiger partial charge in [0.25, 0.3) is 0 Å². The van der Waals surface area contributed by atoms with E-state index in [0.29, 0.717) is 24.3 Å². The van der Waals surface area contributed by atoms with E-state index in [4.69, 9.17) is 20.4 Å². The van der Waals surface area contributed by atoms with E-state index in [1.54, 1.807) is 0 Å². The van der Waals surface area contributed by atoms with Crippen molar-refractivity contribution in [1.29, 1.82) is 0 Å². The predicted molar refractivity (Wildman–Crippen MR) is 132 cm³/mol. The van der Waals surface area contributed by atoms with Crippen molar-refractivity contribution in [1.82, 2.24) is 0 Å². The van der Waals surface area contributed by atoms with E-state index in [2.05, 4.69) is 0 Å². The summed E-state index contributed by atoms with van der Waals surface area (Å²) in [4.78, 5) is 78.2. The molecule has 0 radical (unpaired) electrons. The first-order chi connectivity index (χ1) is 16.1. The standard InChI is InChI=1S/4C5H6O4.4H2O.2Sr/c4*1-3(5(8)9)2-4(6)7;;;;;;/h4*2H,1H3,(H,6,7)(H,8,9);4*1H2;;/q;;;;;;;;2*+2/p-4. The van der Waals surface area contributed by atoms with Gasteiger partial charge in [0, 0.05) is 23.3 Å². The van der Waals surface area contributed by atoms with Crippen LogP contribution >= 0.6 is 0 Å². The van der Waals surface area contributed by atoms with Gasteiger partial charge in [-0.15, -0.1) is 0 Å². The van der Waals surface area contributed by atoms with Gasteiger partial charge < -0.3 is 81.9 Å². The van der Waals surface area contributed by atoms with Crippen LogP contribution in [0.4, 0.5) is 0 Å². The van der Waals surface area contributed by atoms with Gasteiger partial charge >= 0.3 is 115 Å². The molecule has 0 bridgehead atoms. The zero-order valence-corrected chi connectivity index (χ0v) is 29.4. The van der Waals surface area contributed by atoms with Gasteiger partial charge in [-0.2, -0.15) is 0 Å². The van der Waals surface area contributed by atoms with Crippen LogP contribution in [0.25, 0.3) is 0 Å². The summed E-state index contributed by atoms with van der Waals surface area (Å²) in [5.74, 6) is -11.0. The molecule has 42 heavy (non-hydrogen) atoms. The van der Waals surface area contributed by atoms with Gasteiger partial charge in [-0.05, 0) is 51.0 Å². The minimum atomic E-state index is -1.53. The van der Waals surface area contributed by atoms with E-state index >= 15 is 0 Å². The molecule has 0 aromatic rings. The Morgan fingerprint density at radius 2 is 0.619 bits per heavy atom. The van der Waals surface area contributed by atoms with Crippen molar-refractivity contribution in [2.45, 2.75) is 27.7 Å². The van der Waals surface area contributed by atoms with Crippen molar-refractivity contribution in [3.8, 4) is 0 Å². The quantitative estimate of drug-likeness (QED) is 0.132. The SMILES string of the molecule is CC(=CC(=O)O)C(=O)O.CC(=CC(=O)O)C(=O)O.CC(=CC(=O)[O-])C(=O)[O-].CC(=CC(=O)[O-])C(=O)[O-].O.O.O.O.[Sr+2].[Sr+2]. The van der Waals surface area contributed by atoms with E-state index in [0.717, 1.165) is 13.8 Å². The maximum Gasteiger partial charge on any atom is 2.00 e. The summed E-state index contributed by atoms with van der Waals surface area (Å²) < 4.78 is 0.